The first-order valence-electron chi connectivity index (χ1n) is 5.99. The fraction of sp³-hybridized carbons (Fsp3) is 0.400. The molecule has 0 aliphatic heterocycles. The van der Waals surface area contributed by atoms with Crippen molar-refractivity contribution in [2.45, 2.75) is 26.4 Å². The lowest BCUT2D eigenvalue weighted by molar-refractivity contribution is -0.123. The van der Waals surface area contributed by atoms with Crippen LogP contribution in [0.15, 0.2) is 43.0 Å². The Morgan fingerprint density at radius 3 is 2.76 bits per heavy atom. The predicted octanol–water partition coefficient (Wildman–Crippen LogP) is 3.37. The van der Waals surface area contributed by atoms with Gasteiger partial charge in [-0.25, -0.2) is 0 Å². The molecule has 1 atom stereocenters. The molecule has 0 amide bonds. The van der Waals surface area contributed by atoms with E-state index in [1.807, 2.05) is 37.3 Å². The highest BCUT2D eigenvalue weighted by Gasteiger charge is 2.10. The Hall–Kier alpha value is -1.41. The second-order valence-corrected chi connectivity index (χ2v) is 4.18. The van der Waals surface area contributed by atoms with Crippen LogP contribution < -0.4 is 0 Å². The third kappa shape index (κ3) is 5.45. The SMILES string of the molecule is C=CCC(C)C(=O)CCOCc1ccccc1. The van der Waals surface area contributed by atoms with Crippen LogP contribution in [0.25, 0.3) is 0 Å². The molecule has 0 heterocycles. The van der Waals surface area contributed by atoms with Gasteiger partial charge in [-0.15, -0.1) is 6.58 Å². The molecule has 92 valence electrons. The van der Waals surface area contributed by atoms with Crippen LogP contribution >= 0.6 is 0 Å². The van der Waals surface area contributed by atoms with E-state index in [1.165, 1.54) is 0 Å². The van der Waals surface area contributed by atoms with Gasteiger partial charge in [0, 0.05) is 12.3 Å². The summed E-state index contributed by atoms with van der Waals surface area (Å²) >= 11 is 0. The number of Topliss-reactive ketones (excluding diaryl/α,β-unsaturated/α-hetero) is 1. The van der Waals surface area contributed by atoms with E-state index in [9.17, 15) is 4.79 Å². The minimum Gasteiger partial charge on any atom is -0.376 e. The first-order chi connectivity index (χ1) is 8.24. The van der Waals surface area contributed by atoms with Crippen LogP contribution in [0.3, 0.4) is 0 Å². The Bertz CT molecular complexity index is 343. The lowest BCUT2D eigenvalue weighted by Gasteiger charge is -2.08. The second-order valence-electron chi connectivity index (χ2n) is 4.18. The highest BCUT2D eigenvalue weighted by Crippen LogP contribution is 2.07. The average molecular weight is 232 g/mol. The van der Waals surface area contributed by atoms with E-state index in [2.05, 4.69) is 6.58 Å². The molecular formula is C15H20O2. The van der Waals surface area contributed by atoms with Crippen molar-refractivity contribution < 1.29 is 9.53 Å². The number of carbonyl (C=O) groups is 1. The van der Waals surface area contributed by atoms with Gasteiger partial charge in [0.15, 0.2) is 0 Å². The summed E-state index contributed by atoms with van der Waals surface area (Å²) in [6.07, 6.45) is 3.02. The fourth-order valence-corrected chi connectivity index (χ4v) is 1.56. The number of hydrogen-bond acceptors (Lipinski definition) is 2. The van der Waals surface area contributed by atoms with Crippen molar-refractivity contribution in [2.24, 2.45) is 5.92 Å². The minimum atomic E-state index is 0.0628. The Labute approximate surface area is 103 Å². The van der Waals surface area contributed by atoms with E-state index in [1.54, 1.807) is 6.08 Å². The molecule has 0 saturated heterocycles. The van der Waals surface area contributed by atoms with Gasteiger partial charge >= 0.3 is 0 Å². The fourth-order valence-electron chi connectivity index (χ4n) is 1.56. The summed E-state index contributed by atoms with van der Waals surface area (Å²) in [5.41, 5.74) is 1.14. The zero-order valence-corrected chi connectivity index (χ0v) is 10.4. The van der Waals surface area contributed by atoms with Gasteiger partial charge in [-0.2, -0.15) is 0 Å². The summed E-state index contributed by atoms with van der Waals surface area (Å²) in [7, 11) is 0. The number of benzene rings is 1. The van der Waals surface area contributed by atoms with Crippen molar-refractivity contribution >= 4 is 5.78 Å². The van der Waals surface area contributed by atoms with Crippen molar-refractivity contribution in [3.05, 3.63) is 48.6 Å². The van der Waals surface area contributed by atoms with Crippen molar-refractivity contribution in [1.82, 2.24) is 0 Å². The molecule has 0 fully saturated rings. The minimum absolute atomic E-state index is 0.0628. The third-order valence-corrected chi connectivity index (χ3v) is 2.67. The lowest BCUT2D eigenvalue weighted by atomic mass is 10.0. The van der Waals surface area contributed by atoms with E-state index in [0.29, 0.717) is 19.6 Å². The zero-order valence-electron chi connectivity index (χ0n) is 10.4. The Morgan fingerprint density at radius 2 is 2.12 bits per heavy atom. The molecule has 1 aromatic rings. The molecule has 0 spiro atoms. The van der Waals surface area contributed by atoms with Crippen LogP contribution in [0.5, 0.6) is 0 Å². The van der Waals surface area contributed by atoms with Gasteiger partial charge in [0.05, 0.1) is 13.2 Å². The number of ether oxygens (including phenoxy) is 1. The van der Waals surface area contributed by atoms with E-state index < -0.39 is 0 Å². The first-order valence-corrected chi connectivity index (χ1v) is 5.99. The maximum atomic E-state index is 11.6. The van der Waals surface area contributed by atoms with E-state index >= 15 is 0 Å². The highest BCUT2D eigenvalue weighted by molar-refractivity contribution is 5.80. The smallest absolute Gasteiger partial charge is 0.138 e. The van der Waals surface area contributed by atoms with Gasteiger partial charge in [-0.1, -0.05) is 43.3 Å². The molecule has 0 bridgehead atoms. The Kier molecular flexibility index (Phi) is 6.26. The molecule has 0 radical (unpaired) electrons. The largest absolute Gasteiger partial charge is 0.376 e. The second kappa shape index (κ2) is 7.80. The van der Waals surface area contributed by atoms with E-state index in [4.69, 9.17) is 4.74 Å². The number of hydrogen-bond donors (Lipinski definition) is 0. The topological polar surface area (TPSA) is 26.3 Å². The van der Waals surface area contributed by atoms with E-state index in [0.717, 1.165) is 12.0 Å². The summed E-state index contributed by atoms with van der Waals surface area (Å²) in [5.74, 6) is 0.311. The number of allylic oxidation sites excluding steroid dienone is 1. The van der Waals surface area contributed by atoms with Gasteiger partial charge in [0.1, 0.15) is 5.78 Å². The summed E-state index contributed by atoms with van der Waals surface area (Å²) in [5, 5.41) is 0. The van der Waals surface area contributed by atoms with Crippen LogP contribution in [0.2, 0.25) is 0 Å². The van der Waals surface area contributed by atoms with E-state index in [-0.39, 0.29) is 11.7 Å². The first kappa shape index (κ1) is 13.7. The van der Waals surface area contributed by atoms with Crippen LogP contribution in [0.4, 0.5) is 0 Å². The van der Waals surface area contributed by atoms with Gasteiger partial charge in [0.25, 0.3) is 0 Å². The lowest BCUT2D eigenvalue weighted by Crippen LogP contribution is -2.12. The van der Waals surface area contributed by atoms with Crippen LogP contribution in [0.1, 0.15) is 25.3 Å². The summed E-state index contributed by atoms with van der Waals surface area (Å²) in [6, 6.07) is 9.97. The monoisotopic (exact) mass is 232 g/mol. The third-order valence-electron chi connectivity index (χ3n) is 2.67. The molecule has 17 heavy (non-hydrogen) atoms. The molecule has 2 nitrogen and oxygen atoms in total. The predicted molar refractivity (Wildman–Crippen MR) is 69.7 cm³/mol. The maximum Gasteiger partial charge on any atom is 0.138 e. The van der Waals surface area contributed by atoms with Gasteiger partial charge in [-0.3, -0.25) is 4.79 Å². The molecule has 0 aliphatic rings. The molecule has 0 aliphatic carbocycles. The zero-order chi connectivity index (χ0) is 12.5. The average Bonchev–Trinajstić information content (AvgIpc) is 2.36. The number of carbonyl (C=O) groups excluding carboxylic acids is 1. The molecule has 0 aromatic heterocycles. The highest BCUT2D eigenvalue weighted by atomic mass is 16.5. The molecule has 1 aromatic carbocycles. The van der Waals surface area contributed by atoms with Crippen molar-refractivity contribution in [3.8, 4) is 0 Å². The molecule has 1 rings (SSSR count). The molecule has 0 saturated carbocycles. The number of ketones is 1. The molecule has 1 unspecified atom stereocenters. The van der Waals surface area contributed by atoms with Gasteiger partial charge in [0.2, 0.25) is 0 Å². The number of rotatable bonds is 8. The summed E-state index contributed by atoms with van der Waals surface area (Å²) in [4.78, 5) is 11.6. The molecule has 2 heteroatoms. The molecule has 0 N–H and O–H groups in total. The van der Waals surface area contributed by atoms with Crippen molar-refractivity contribution in [1.29, 1.82) is 0 Å². The van der Waals surface area contributed by atoms with Gasteiger partial charge in [-0.05, 0) is 12.0 Å². The van der Waals surface area contributed by atoms with Crippen LogP contribution in [0, 0.1) is 5.92 Å². The normalized spacial score (nSPS) is 12.1. The summed E-state index contributed by atoms with van der Waals surface area (Å²) in [6.45, 7) is 6.64. The standard InChI is InChI=1S/C15H20O2/c1-3-7-13(2)15(16)10-11-17-12-14-8-5-4-6-9-14/h3-6,8-9,13H,1,7,10-12H2,2H3. The molecular weight excluding hydrogens is 212 g/mol. The Morgan fingerprint density at radius 1 is 1.41 bits per heavy atom. The van der Waals surface area contributed by atoms with Crippen molar-refractivity contribution in [3.63, 3.8) is 0 Å². The van der Waals surface area contributed by atoms with Gasteiger partial charge < -0.3 is 4.74 Å². The quantitative estimate of drug-likeness (QED) is 0.507. The summed E-state index contributed by atoms with van der Waals surface area (Å²) < 4.78 is 5.47. The maximum absolute atomic E-state index is 11.6. The van der Waals surface area contributed by atoms with Crippen LogP contribution in [-0.2, 0) is 16.1 Å². The van der Waals surface area contributed by atoms with Crippen LogP contribution in [-0.4, -0.2) is 12.4 Å². The Balaban J connectivity index is 2.16. The van der Waals surface area contributed by atoms with Crippen molar-refractivity contribution in [2.75, 3.05) is 6.61 Å².